The topological polar surface area (TPSA) is 92.8 Å². The number of carbonyl (C=O) groups excluding carboxylic acids is 4. The third-order valence-electron chi connectivity index (χ3n) is 9.12. The van der Waals surface area contributed by atoms with Crippen molar-refractivity contribution in [1.82, 2.24) is 0 Å². The highest BCUT2D eigenvalue weighted by Gasteiger charge is 2.61. The van der Waals surface area contributed by atoms with E-state index in [2.05, 4.69) is 45.5 Å². The predicted octanol–water partition coefficient (Wildman–Crippen LogP) is 6.26. The van der Waals surface area contributed by atoms with Gasteiger partial charge in [0.05, 0.1) is 23.1 Å². The first kappa shape index (κ1) is 27.3. The monoisotopic (exact) mass is 634 g/mol. The number of carbonyl (C=O) groups is 4. The van der Waals surface area contributed by atoms with Crippen molar-refractivity contribution in [2.75, 3.05) is 16.8 Å². The van der Waals surface area contributed by atoms with Gasteiger partial charge in [-0.05, 0) is 77.6 Å². The second-order valence-corrected chi connectivity index (χ2v) is 12.2. The smallest absolute Gasteiger partial charge is 0.338 e. The van der Waals surface area contributed by atoms with Crippen LogP contribution >= 0.6 is 15.9 Å². The second-order valence-electron chi connectivity index (χ2n) is 11.3. The summed E-state index contributed by atoms with van der Waals surface area (Å²) in [5, 5.41) is 2.78. The van der Waals surface area contributed by atoms with Crippen LogP contribution in [0.3, 0.4) is 0 Å². The molecule has 1 saturated heterocycles. The zero-order valence-electron chi connectivity index (χ0n) is 23.5. The number of benzene rings is 4. The SMILES string of the molecule is Cc1c(Br)ccc(NC(=O)COC(=O)c2cccc(N3C(=O)[C@H]4C5c6ccccc6C(c6ccccc65)[C@@H]4C3=O)c2)c1C. The lowest BCUT2D eigenvalue weighted by molar-refractivity contribution is -0.122. The van der Waals surface area contributed by atoms with Crippen LogP contribution in [-0.4, -0.2) is 30.3 Å². The number of anilines is 2. The molecule has 8 heteroatoms. The Kier molecular flexibility index (Phi) is 6.54. The van der Waals surface area contributed by atoms with E-state index in [4.69, 9.17) is 4.74 Å². The Labute approximate surface area is 257 Å². The molecule has 2 atom stereocenters. The number of hydrogen-bond donors (Lipinski definition) is 1. The number of halogens is 1. The van der Waals surface area contributed by atoms with E-state index in [0.29, 0.717) is 11.4 Å². The Balaban J connectivity index is 1.12. The summed E-state index contributed by atoms with van der Waals surface area (Å²) in [4.78, 5) is 54.8. The van der Waals surface area contributed by atoms with E-state index in [1.54, 1.807) is 24.3 Å². The lowest BCUT2D eigenvalue weighted by atomic mass is 9.55. The van der Waals surface area contributed by atoms with E-state index in [1.165, 1.54) is 11.0 Å². The van der Waals surface area contributed by atoms with Crippen molar-refractivity contribution < 1.29 is 23.9 Å². The molecule has 4 aromatic rings. The van der Waals surface area contributed by atoms with Gasteiger partial charge in [-0.3, -0.25) is 14.4 Å². The van der Waals surface area contributed by atoms with E-state index in [0.717, 1.165) is 37.9 Å². The van der Waals surface area contributed by atoms with Gasteiger partial charge in [0, 0.05) is 22.0 Å². The summed E-state index contributed by atoms with van der Waals surface area (Å²) in [7, 11) is 0. The van der Waals surface area contributed by atoms with Gasteiger partial charge in [-0.2, -0.15) is 0 Å². The molecule has 1 heterocycles. The standard InChI is InChI=1S/C35H27BrN2O5/c1-18-19(2)27(15-14-26(18)36)37-28(39)17-43-35(42)20-8-7-9-21(16-20)38-33(40)31-29-22-10-3-4-11-23(22)30(32(31)34(38)41)25-13-6-5-12-24(25)29/h3-16,29-32H,17H2,1-2H3,(H,37,39)/t29?,30?,31-,32-/m0/s1. The number of esters is 1. The highest BCUT2D eigenvalue weighted by atomic mass is 79.9. The molecule has 214 valence electrons. The second kappa shape index (κ2) is 10.3. The minimum absolute atomic E-state index is 0.144. The zero-order chi connectivity index (χ0) is 30.0. The number of amides is 3. The first-order valence-electron chi connectivity index (χ1n) is 14.1. The van der Waals surface area contributed by atoms with E-state index in [-0.39, 0.29) is 29.2 Å². The molecule has 1 fully saturated rings. The highest BCUT2D eigenvalue weighted by molar-refractivity contribution is 9.10. The molecule has 4 aromatic carbocycles. The van der Waals surface area contributed by atoms with E-state index < -0.39 is 30.3 Å². The molecule has 7 nitrogen and oxygen atoms in total. The van der Waals surface area contributed by atoms with E-state index in [9.17, 15) is 19.2 Å². The molecule has 0 saturated carbocycles. The van der Waals surface area contributed by atoms with Gasteiger partial charge in [0.2, 0.25) is 11.8 Å². The van der Waals surface area contributed by atoms with Gasteiger partial charge in [0.25, 0.3) is 5.91 Å². The fraction of sp³-hybridized carbons (Fsp3) is 0.200. The van der Waals surface area contributed by atoms with Crippen molar-refractivity contribution in [2.45, 2.75) is 25.7 Å². The fourth-order valence-electron chi connectivity index (χ4n) is 7.03. The maximum atomic E-state index is 14.0. The molecule has 1 N–H and O–H groups in total. The third kappa shape index (κ3) is 4.23. The summed E-state index contributed by atoms with van der Waals surface area (Å²) in [6.45, 7) is 3.35. The molecular weight excluding hydrogens is 608 g/mol. The van der Waals surface area contributed by atoms with Crippen molar-refractivity contribution in [1.29, 1.82) is 0 Å². The average molecular weight is 636 g/mol. The molecule has 8 rings (SSSR count). The Morgan fingerprint density at radius 2 is 1.33 bits per heavy atom. The van der Waals surface area contributed by atoms with Crippen LogP contribution in [0.5, 0.6) is 0 Å². The Morgan fingerprint density at radius 3 is 1.88 bits per heavy atom. The largest absolute Gasteiger partial charge is 0.452 e. The van der Waals surface area contributed by atoms with Crippen LogP contribution in [0.25, 0.3) is 0 Å². The fourth-order valence-corrected chi connectivity index (χ4v) is 7.46. The molecule has 3 amide bonds. The number of ether oxygens (including phenoxy) is 1. The van der Waals surface area contributed by atoms with Crippen LogP contribution in [0.15, 0.2) is 89.4 Å². The Hall–Kier alpha value is -4.56. The molecule has 1 aliphatic heterocycles. The minimum Gasteiger partial charge on any atom is -0.452 e. The van der Waals surface area contributed by atoms with Gasteiger partial charge >= 0.3 is 5.97 Å². The normalized spacial score (nSPS) is 21.2. The van der Waals surface area contributed by atoms with Gasteiger partial charge in [-0.25, -0.2) is 9.69 Å². The van der Waals surface area contributed by atoms with Crippen LogP contribution < -0.4 is 10.2 Å². The van der Waals surface area contributed by atoms with Crippen molar-refractivity contribution in [3.05, 3.63) is 128 Å². The first-order valence-corrected chi connectivity index (χ1v) is 14.9. The number of hydrogen-bond acceptors (Lipinski definition) is 5. The van der Waals surface area contributed by atoms with Crippen molar-refractivity contribution >= 4 is 51.0 Å². The molecule has 0 aromatic heterocycles. The molecule has 2 bridgehead atoms. The molecule has 0 spiro atoms. The average Bonchev–Trinajstić information content (AvgIpc) is 3.30. The first-order chi connectivity index (χ1) is 20.8. The van der Waals surface area contributed by atoms with Crippen LogP contribution in [0.4, 0.5) is 11.4 Å². The Bertz CT molecular complexity index is 1750. The van der Waals surface area contributed by atoms with Gasteiger partial charge in [0.15, 0.2) is 6.61 Å². The van der Waals surface area contributed by atoms with Gasteiger partial charge in [-0.15, -0.1) is 0 Å². The van der Waals surface area contributed by atoms with Crippen LogP contribution in [-0.2, 0) is 19.1 Å². The number of imide groups is 1. The molecular formula is C35H27BrN2O5. The lowest BCUT2D eigenvalue weighted by Gasteiger charge is -2.45. The van der Waals surface area contributed by atoms with Crippen LogP contribution in [0.2, 0.25) is 0 Å². The molecule has 43 heavy (non-hydrogen) atoms. The number of rotatable bonds is 5. The zero-order valence-corrected chi connectivity index (χ0v) is 25.1. The third-order valence-corrected chi connectivity index (χ3v) is 9.98. The maximum absolute atomic E-state index is 14.0. The molecule has 0 radical (unpaired) electrons. The van der Waals surface area contributed by atoms with Gasteiger partial charge < -0.3 is 10.1 Å². The molecule has 0 unspecified atom stereocenters. The van der Waals surface area contributed by atoms with Gasteiger partial charge in [0.1, 0.15) is 0 Å². The predicted molar refractivity (Wildman–Crippen MR) is 165 cm³/mol. The molecule has 4 aliphatic rings. The summed E-state index contributed by atoms with van der Waals surface area (Å²) in [6.07, 6.45) is 0. The Morgan fingerprint density at radius 1 is 0.767 bits per heavy atom. The van der Waals surface area contributed by atoms with E-state index in [1.807, 2.05) is 44.2 Å². The van der Waals surface area contributed by atoms with Crippen molar-refractivity contribution in [3.8, 4) is 0 Å². The minimum atomic E-state index is -0.725. The van der Waals surface area contributed by atoms with Gasteiger partial charge in [-0.1, -0.05) is 70.5 Å². The highest BCUT2D eigenvalue weighted by Crippen LogP contribution is 2.61. The maximum Gasteiger partial charge on any atom is 0.338 e. The summed E-state index contributed by atoms with van der Waals surface area (Å²) in [5.74, 6) is -3.20. The lowest BCUT2D eigenvalue weighted by Crippen LogP contribution is -2.41. The summed E-state index contributed by atoms with van der Waals surface area (Å²) in [6, 6.07) is 26.1. The number of nitrogens with zero attached hydrogens (tertiary/aromatic N) is 1. The van der Waals surface area contributed by atoms with E-state index >= 15 is 0 Å². The summed E-state index contributed by atoms with van der Waals surface area (Å²) < 4.78 is 6.24. The van der Waals surface area contributed by atoms with Crippen molar-refractivity contribution in [2.24, 2.45) is 11.8 Å². The van der Waals surface area contributed by atoms with Crippen LogP contribution in [0, 0.1) is 25.7 Å². The number of nitrogens with one attached hydrogen (secondary N) is 1. The molecule has 3 aliphatic carbocycles. The van der Waals surface area contributed by atoms with Crippen LogP contribution in [0.1, 0.15) is 55.6 Å². The van der Waals surface area contributed by atoms with Crippen molar-refractivity contribution in [3.63, 3.8) is 0 Å². The summed E-state index contributed by atoms with van der Waals surface area (Å²) >= 11 is 3.47. The summed E-state index contributed by atoms with van der Waals surface area (Å²) in [5.41, 5.74) is 7.38. The quantitative estimate of drug-likeness (QED) is 0.207.